The van der Waals surface area contributed by atoms with Crippen molar-refractivity contribution in [3.8, 4) is 17.2 Å². The van der Waals surface area contributed by atoms with Gasteiger partial charge >= 0.3 is 0 Å². The molecule has 40 heavy (non-hydrogen) atoms. The molecule has 4 aromatic carbocycles. The Kier molecular flexibility index (Phi) is 10.6. The fourth-order valence-electron chi connectivity index (χ4n) is 3.54. The second-order valence-electron chi connectivity index (χ2n) is 8.28. The van der Waals surface area contributed by atoms with Crippen LogP contribution in [-0.4, -0.2) is 19.2 Å². The minimum atomic E-state index is -0.445. The lowest BCUT2D eigenvalue weighted by Crippen LogP contribution is -2.18. The first-order chi connectivity index (χ1) is 19.2. The number of halogens is 5. The number of nitrogens with zero attached hydrogens (tertiary/aromatic N) is 1. The van der Waals surface area contributed by atoms with Gasteiger partial charge in [-0.3, -0.25) is 4.79 Å². The second kappa shape index (κ2) is 14.1. The van der Waals surface area contributed by atoms with E-state index in [4.69, 9.17) is 60.6 Å². The summed E-state index contributed by atoms with van der Waals surface area (Å²) in [6.07, 6.45) is 1.49. The lowest BCUT2D eigenvalue weighted by Gasteiger charge is -2.14. The number of carbonyl (C=O) groups excluding carboxylic acids is 1. The van der Waals surface area contributed by atoms with Crippen molar-refractivity contribution in [2.24, 2.45) is 5.10 Å². The third-order valence-electron chi connectivity index (χ3n) is 5.55. The lowest BCUT2D eigenvalue weighted by atomic mass is 10.2. The molecule has 0 aliphatic rings. The number of rotatable bonds is 10. The molecule has 6 nitrogen and oxygen atoms in total. The summed E-state index contributed by atoms with van der Waals surface area (Å²) < 4.78 is 18.0. The normalized spacial score (nSPS) is 10.9. The Morgan fingerprint density at radius 1 is 0.850 bits per heavy atom. The number of hydrogen-bond donors (Lipinski definition) is 1. The number of amides is 1. The van der Waals surface area contributed by atoms with E-state index >= 15 is 0 Å². The van der Waals surface area contributed by atoms with E-state index in [1.165, 1.54) is 13.3 Å². The molecule has 206 valence electrons. The van der Waals surface area contributed by atoms with Crippen LogP contribution in [0.25, 0.3) is 0 Å². The van der Waals surface area contributed by atoms with Gasteiger partial charge in [0.25, 0.3) is 5.91 Å². The Morgan fingerprint density at radius 3 is 2.10 bits per heavy atom. The van der Waals surface area contributed by atoms with Crippen LogP contribution < -0.4 is 19.6 Å². The van der Waals surface area contributed by atoms with Gasteiger partial charge in [-0.25, -0.2) is 5.43 Å². The minimum absolute atomic E-state index is 0.163. The van der Waals surface area contributed by atoms with Crippen LogP contribution in [0.15, 0.2) is 82.4 Å². The van der Waals surface area contributed by atoms with E-state index in [0.29, 0.717) is 52.9 Å². The molecule has 0 atom stereocenters. The van der Waals surface area contributed by atoms with Gasteiger partial charge in [0.1, 0.15) is 19.0 Å². The Morgan fingerprint density at radius 2 is 1.48 bits per heavy atom. The van der Waals surface area contributed by atoms with Gasteiger partial charge in [-0.05, 0) is 70.0 Å². The molecule has 11 heteroatoms. The van der Waals surface area contributed by atoms with Crippen molar-refractivity contribution >= 4 is 74.5 Å². The molecule has 0 aromatic heterocycles. The SMILES string of the molecule is COc1cc(/C=N/NC(=O)c2ccccc2OCc2ccc(Cl)cc2Cl)cc(Br)c1OCc1ccc(Cl)cc1Cl. The molecule has 0 unspecified atom stereocenters. The molecule has 0 fully saturated rings. The quantitative estimate of drug-likeness (QED) is 0.134. The van der Waals surface area contributed by atoms with Crippen LogP contribution in [0.5, 0.6) is 17.2 Å². The summed E-state index contributed by atoms with van der Waals surface area (Å²) in [5.74, 6) is 0.890. The number of para-hydroxylation sites is 1. The monoisotopic (exact) mass is 680 g/mol. The summed E-state index contributed by atoms with van der Waals surface area (Å²) >= 11 is 27.9. The zero-order valence-electron chi connectivity index (χ0n) is 20.9. The van der Waals surface area contributed by atoms with Crippen LogP contribution in [0.2, 0.25) is 20.1 Å². The van der Waals surface area contributed by atoms with Crippen LogP contribution in [-0.2, 0) is 13.2 Å². The summed E-state index contributed by atoms with van der Waals surface area (Å²) in [4.78, 5) is 12.9. The summed E-state index contributed by atoms with van der Waals surface area (Å²) in [5, 5.41) is 6.15. The maximum atomic E-state index is 12.9. The molecule has 1 N–H and O–H groups in total. The van der Waals surface area contributed by atoms with Crippen molar-refractivity contribution in [1.82, 2.24) is 5.43 Å². The van der Waals surface area contributed by atoms with E-state index in [1.54, 1.807) is 72.8 Å². The number of benzene rings is 4. The number of methoxy groups -OCH3 is 1. The Balaban J connectivity index is 1.42. The van der Waals surface area contributed by atoms with Crippen molar-refractivity contribution < 1.29 is 19.0 Å². The van der Waals surface area contributed by atoms with E-state index in [0.717, 1.165) is 11.1 Å². The molecular weight excluding hydrogens is 662 g/mol. The molecule has 0 heterocycles. The average molecular weight is 683 g/mol. The van der Waals surface area contributed by atoms with Gasteiger partial charge in [-0.2, -0.15) is 5.10 Å². The van der Waals surface area contributed by atoms with Crippen molar-refractivity contribution in [2.75, 3.05) is 7.11 Å². The molecular formula is C29H21BrCl4N2O4. The molecule has 0 aliphatic carbocycles. The predicted molar refractivity (Wildman–Crippen MR) is 164 cm³/mol. The first kappa shape index (κ1) is 30.0. The molecule has 4 aromatic rings. The van der Waals surface area contributed by atoms with Crippen LogP contribution in [0.1, 0.15) is 27.0 Å². The van der Waals surface area contributed by atoms with E-state index < -0.39 is 5.91 Å². The maximum absolute atomic E-state index is 12.9. The van der Waals surface area contributed by atoms with Crippen LogP contribution in [0.3, 0.4) is 0 Å². The Hall–Kier alpha value is -2.94. The van der Waals surface area contributed by atoms with Gasteiger partial charge in [0.2, 0.25) is 0 Å². The Bertz CT molecular complexity index is 1570. The van der Waals surface area contributed by atoms with E-state index in [1.807, 2.05) is 0 Å². The van der Waals surface area contributed by atoms with Crippen molar-refractivity contribution in [1.29, 1.82) is 0 Å². The zero-order chi connectivity index (χ0) is 28.6. The second-order valence-corrected chi connectivity index (χ2v) is 10.8. The topological polar surface area (TPSA) is 69.2 Å². The highest BCUT2D eigenvalue weighted by atomic mass is 79.9. The van der Waals surface area contributed by atoms with Gasteiger partial charge < -0.3 is 14.2 Å². The number of nitrogens with one attached hydrogen (secondary N) is 1. The van der Waals surface area contributed by atoms with Crippen LogP contribution >= 0.6 is 62.3 Å². The number of carbonyl (C=O) groups is 1. The number of ether oxygens (including phenoxy) is 3. The minimum Gasteiger partial charge on any atom is -0.493 e. The molecule has 0 radical (unpaired) electrons. The van der Waals surface area contributed by atoms with Gasteiger partial charge in [-0.15, -0.1) is 0 Å². The third kappa shape index (κ3) is 7.83. The van der Waals surface area contributed by atoms with Gasteiger partial charge in [0, 0.05) is 31.2 Å². The van der Waals surface area contributed by atoms with E-state index in [2.05, 4.69) is 26.5 Å². The molecule has 0 aliphatic heterocycles. The maximum Gasteiger partial charge on any atom is 0.275 e. The standard InChI is InChI=1S/C29H21BrCl4N2O4/c1-38-27-11-17(10-23(30)28(27)40-16-19-7-9-21(32)13-25(19)34)14-35-36-29(37)22-4-2-3-5-26(22)39-15-18-6-8-20(31)12-24(18)33/h2-14H,15-16H2,1H3,(H,36,37)/b35-14+. The Labute approximate surface area is 259 Å². The van der Waals surface area contributed by atoms with Crippen LogP contribution in [0, 0.1) is 0 Å². The smallest absolute Gasteiger partial charge is 0.275 e. The summed E-state index contributed by atoms with van der Waals surface area (Å²) in [5.41, 5.74) is 5.01. The lowest BCUT2D eigenvalue weighted by molar-refractivity contribution is 0.0950. The summed E-state index contributed by atoms with van der Waals surface area (Å²) in [6, 6.07) is 20.7. The first-order valence-corrected chi connectivity index (χ1v) is 14.0. The molecule has 0 saturated carbocycles. The fraction of sp³-hybridized carbons (Fsp3) is 0.103. The number of hydrazone groups is 1. The highest BCUT2D eigenvalue weighted by molar-refractivity contribution is 9.10. The molecule has 0 bridgehead atoms. The van der Waals surface area contributed by atoms with Crippen molar-refractivity contribution in [2.45, 2.75) is 13.2 Å². The molecule has 1 amide bonds. The fourth-order valence-corrected chi connectivity index (χ4v) is 5.04. The zero-order valence-corrected chi connectivity index (χ0v) is 25.5. The third-order valence-corrected chi connectivity index (χ3v) is 7.31. The molecule has 4 rings (SSSR count). The highest BCUT2D eigenvalue weighted by Crippen LogP contribution is 2.37. The van der Waals surface area contributed by atoms with Gasteiger partial charge in [0.15, 0.2) is 11.5 Å². The van der Waals surface area contributed by atoms with E-state index in [9.17, 15) is 4.79 Å². The summed E-state index contributed by atoms with van der Waals surface area (Å²) in [7, 11) is 1.53. The largest absolute Gasteiger partial charge is 0.493 e. The molecule has 0 spiro atoms. The summed E-state index contributed by atoms with van der Waals surface area (Å²) in [6.45, 7) is 0.371. The molecule has 0 saturated heterocycles. The predicted octanol–water partition coefficient (Wildman–Crippen LogP) is 8.99. The average Bonchev–Trinajstić information content (AvgIpc) is 2.92. The first-order valence-electron chi connectivity index (χ1n) is 11.7. The van der Waals surface area contributed by atoms with Crippen molar-refractivity contribution in [3.05, 3.63) is 120 Å². The van der Waals surface area contributed by atoms with Crippen LogP contribution in [0.4, 0.5) is 0 Å². The number of hydrogen-bond acceptors (Lipinski definition) is 5. The van der Waals surface area contributed by atoms with E-state index in [-0.39, 0.29) is 13.2 Å². The van der Waals surface area contributed by atoms with Gasteiger partial charge in [-0.1, -0.05) is 70.7 Å². The highest BCUT2D eigenvalue weighted by Gasteiger charge is 2.14. The van der Waals surface area contributed by atoms with Crippen molar-refractivity contribution in [3.63, 3.8) is 0 Å². The van der Waals surface area contributed by atoms with Gasteiger partial charge in [0.05, 0.1) is 23.4 Å².